The number of nitrogens with one attached hydrogen (secondary N) is 1. The molecule has 0 aliphatic carbocycles. The van der Waals surface area contributed by atoms with E-state index in [0.717, 1.165) is 24.4 Å². The fourth-order valence-corrected chi connectivity index (χ4v) is 2.11. The summed E-state index contributed by atoms with van der Waals surface area (Å²) in [7, 11) is 1.91. The summed E-state index contributed by atoms with van der Waals surface area (Å²) < 4.78 is 1.89. The number of amidine groups is 1. The lowest BCUT2D eigenvalue weighted by atomic mass is 10.1. The van der Waals surface area contributed by atoms with Crippen molar-refractivity contribution in [1.82, 2.24) is 20.1 Å². The summed E-state index contributed by atoms with van der Waals surface area (Å²) in [6, 6.07) is 5.29. The van der Waals surface area contributed by atoms with E-state index in [9.17, 15) is 0 Å². The summed E-state index contributed by atoms with van der Waals surface area (Å²) in [6.07, 6.45) is 2.47. The van der Waals surface area contributed by atoms with Gasteiger partial charge in [0.1, 0.15) is 12.2 Å². The molecule has 2 aromatic rings. The molecule has 1 heterocycles. The quantitative estimate of drug-likeness (QED) is 0.242. The highest BCUT2D eigenvalue weighted by molar-refractivity contribution is 6.31. The Kier molecular flexibility index (Phi) is 5.13. The van der Waals surface area contributed by atoms with Gasteiger partial charge < -0.3 is 20.8 Å². The second kappa shape index (κ2) is 7.05. The third kappa shape index (κ3) is 3.93. The highest BCUT2D eigenvalue weighted by atomic mass is 35.5. The standard InChI is InChI=1S/C13H17ClN6O/c1-20-8-17-18-12(20)4-5-16-7-10-3-2-9(6-11(10)14)13(15)19-21/h2-3,6,8,16,21H,4-5,7H2,1H3,(H2,15,19). The van der Waals surface area contributed by atoms with Crippen molar-refractivity contribution in [3.05, 3.63) is 46.5 Å². The first-order valence-electron chi connectivity index (χ1n) is 6.41. The lowest BCUT2D eigenvalue weighted by molar-refractivity contribution is 0.318. The van der Waals surface area contributed by atoms with Crippen LogP contribution in [0.2, 0.25) is 5.02 Å². The normalized spacial score (nSPS) is 11.8. The van der Waals surface area contributed by atoms with Crippen molar-refractivity contribution in [2.75, 3.05) is 6.54 Å². The summed E-state index contributed by atoms with van der Waals surface area (Å²) >= 11 is 6.18. The molecule has 0 bridgehead atoms. The van der Waals surface area contributed by atoms with Crippen molar-refractivity contribution < 1.29 is 5.21 Å². The van der Waals surface area contributed by atoms with Gasteiger partial charge in [0, 0.05) is 37.1 Å². The Morgan fingerprint density at radius 3 is 2.95 bits per heavy atom. The van der Waals surface area contributed by atoms with E-state index in [-0.39, 0.29) is 5.84 Å². The van der Waals surface area contributed by atoms with Crippen LogP contribution in [-0.2, 0) is 20.0 Å². The third-order valence-corrected chi connectivity index (χ3v) is 3.45. The average Bonchev–Trinajstić information content (AvgIpc) is 2.89. The van der Waals surface area contributed by atoms with Gasteiger partial charge in [0.25, 0.3) is 0 Å². The molecule has 0 saturated heterocycles. The SMILES string of the molecule is Cn1cnnc1CCNCc1ccc(/C(N)=N/O)cc1Cl. The molecule has 112 valence electrons. The van der Waals surface area contributed by atoms with Gasteiger partial charge in [-0.2, -0.15) is 0 Å². The third-order valence-electron chi connectivity index (χ3n) is 3.10. The van der Waals surface area contributed by atoms with E-state index in [1.165, 1.54) is 0 Å². The Balaban J connectivity index is 1.87. The van der Waals surface area contributed by atoms with Gasteiger partial charge in [0.2, 0.25) is 0 Å². The Morgan fingerprint density at radius 1 is 1.52 bits per heavy atom. The van der Waals surface area contributed by atoms with E-state index in [2.05, 4.69) is 20.7 Å². The molecule has 1 aromatic carbocycles. The molecule has 2 rings (SSSR count). The van der Waals surface area contributed by atoms with Gasteiger partial charge in [-0.15, -0.1) is 10.2 Å². The average molecular weight is 309 g/mol. The van der Waals surface area contributed by atoms with Crippen LogP contribution >= 0.6 is 11.6 Å². The summed E-state index contributed by atoms with van der Waals surface area (Å²) in [5.41, 5.74) is 7.05. The van der Waals surface area contributed by atoms with E-state index in [0.29, 0.717) is 17.1 Å². The maximum absolute atomic E-state index is 8.63. The highest BCUT2D eigenvalue weighted by Crippen LogP contribution is 2.17. The molecule has 0 aliphatic heterocycles. The molecule has 0 spiro atoms. The Bertz CT molecular complexity index is 639. The van der Waals surface area contributed by atoms with E-state index in [1.54, 1.807) is 18.5 Å². The van der Waals surface area contributed by atoms with Crippen LogP contribution < -0.4 is 11.1 Å². The highest BCUT2D eigenvalue weighted by Gasteiger charge is 2.05. The second-order valence-corrected chi connectivity index (χ2v) is 4.98. The molecule has 0 unspecified atom stereocenters. The fraction of sp³-hybridized carbons (Fsp3) is 0.308. The lowest BCUT2D eigenvalue weighted by Crippen LogP contribution is -2.19. The predicted octanol–water partition coefficient (Wildman–Crippen LogP) is 0.895. The Labute approximate surface area is 127 Å². The molecule has 0 fully saturated rings. The molecular formula is C13H17ClN6O. The van der Waals surface area contributed by atoms with Crippen LogP contribution in [0.4, 0.5) is 0 Å². The predicted molar refractivity (Wildman–Crippen MR) is 80.4 cm³/mol. The number of oxime groups is 1. The summed E-state index contributed by atoms with van der Waals surface area (Å²) in [6.45, 7) is 1.40. The van der Waals surface area contributed by atoms with Gasteiger partial charge in [0.05, 0.1) is 0 Å². The molecular weight excluding hydrogens is 292 g/mol. The van der Waals surface area contributed by atoms with Crippen LogP contribution in [0, 0.1) is 0 Å². The maximum Gasteiger partial charge on any atom is 0.170 e. The van der Waals surface area contributed by atoms with Crippen LogP contribution in [0.5, 0.6) is 0 Å². The van der Waals surface area contributed by atoms with Gasteiger partial charge in [-0.1, -0.05) is 28.9 Å². The van der Waals surface area contributed by atoms with Crippen LogP contribution in [0.1, 0.15) is 17.0 Å². The van der Waals surface area contributed by atoms with Crippen molar-refractivity contribution in [3.63, 3.8) is 0 Å². The van der Waals surface area contributed by atoms with Crippen molar-refractivity contribution in [2.24, 2.45) is 17.9 Å². The van der Waals surface area contributed by atoms with E-state index in [1.807, 2.05) is 17.7 Å². The number of hydrogen-bond acceptors (Lipinski definition) is 5. The van der Waals surface area contributed by atoms with Gasteiger partial charge in [-0.3, -0.25) is 0 Å². The number of halogens is 1. The van der Waals surface area contributed by atoms with Gasteiger partial charge in [-0.25, -0.2) is 0 Å². The van der Waals surface area contributed by atoms with Crippen LogP contribution in [-0.4, -0.2) is 32.4 Å². The van der Waals surface area contributed by atoms with Crippen LogP contribution in [0.25, 0.3) is 0 Å². The first kappa shape index (κ1) is 15.3. The van der Waals surface area contributed by atoms with E-state index in [4.69, 9.17) is 22.5 Å². The van der Waals surface area contributed by atoms with Crippen molar-refractivity contribution in [3.8, 4) is 0 Å². The van der Waals surface area contributed by atoms with Crippen LogP contribution in [0.3, 0.4) is 0 Å². The largest absolute Gasteiger partial charge is 0.409 e. The van der Waals surface area contributed by atoms with E-state index < -0.39 is 0 Å². The summed E-state index contributed by atoms with van der Waals surface area (Å²) in [5.74, 6) is 0.967. The number of rotatable bonds is 6. The Hall–Kier alpha value is -2.12. The molecule has 0 aliphatic rings. The summed E-state index contributed by atoms with van der Waals surface area (Å²) in [5, 5.41) is 23.3. The molecule has 0 amide bonds. The van der Waals surface area contributed by atoms with Crippen molar-refractivity contribution in [1.29, 1.82) is 0 Å². The molecule has 8 heteroatoms. The van der Waals surface area contributed by atoms with Gasteiger partial charge >= 0.3 is 0 Å². The monoisotopic (exact) mass is 308 g/mol. The van der Waals surface area contributed by atoms with Crippen molar-refractivity contribution >= 4 is 17.4 Å². The number of benzene rings is 1. The molecule has 4 N–H and O–H groups in total. The number of aryl methyl sites for hydroxylation is 1. The first-order valence-corrected chi connectivity index (χ1v) is 6.79. The number of nitrogens with zero attached hydrogens (tertiary/aromatic N) is 4. The molecule has 7 nitrogen and oxygen atoms in total. The summed E-state index contributed by atoms with van der Waals surface area (Å²) in [4.78, 5) is 0. The zero-order valence-electron chi connectivity index (χ0n) is 11.6. The second-order valence-electron chi connectivity index (χ2n) is 4.58. The lowest BCUT2D eigenvalue weighted by Gasteiger charge is -2.08. The minimum Gasteiger partial charge on any atom is -0.409 e. The zero-order valence-corrected chi connectivity index (χ0v) is 12.4. The minimum atomic E-state index is 0.0405. The molecule has 1 aromatic heterocycles. The molecule has 0 saturated carbocycles. The van der Waals surface area contributed by atoms with Gasteiger partial charge in [-0.05, 0) is 11.6 Å². The maximum atomic E-state index is 8.63. The van der Waals surface area contributed by atoms with E-state index >= 15 is 0 Å². The smallest absolute Gasteiger partial charge is 0.170 e. The minimum absolute atomic E-state index is 0.0405. The Morgan fingerprint density at radius 2 is 2.33 bits per heavy atom. The number of nitrogens with two attached hydrogens (primary N) is 1. The van der Waals surface area contributed by atoms with Gasteiger partial charge in [0.15, 0.2) is 5.84 Å². The molecule has 21 heavy (non-hydrogen) atoms. The number of aromatic nitrogens is 3. The number of hydrogen-bond donors (Lipinski definition) is 3. The molecule has 0 atom stereocenters. The van der Waals surface area contributed by atoms with Crippen molar-refractivity contribution in [2.45, 2.75) is 13.0 Å². The van der Waals surface area contributed by atoms with Crippen LogP contribution in [0.15, 0.2) is 29.7 Å². The zero-order chi connectivity index (χ0) is 15.2. The first-order chi connectivity index (χ1) is 10.1. The fourth-order valence-electron chi connectivity index (χ4n) is 1.86. The molecule has 0 radical (unpaired) electrons. The topological polar surface area (TPSA) is 101 Å².